The number of aryl methyl sites for hydroxylation is 1. The molecular formula is C21H23NO5. The van der Waals surface area contributed by atoms with Crippen molar-refractivity contribution in [1.29, 1.82) is 0 Å². The Balaban J connectivity index is 2.05. The molecule has 1 atom stereocenters. The van der Waals surface area contributed by atoms with E-state index >= 15 is 0 Å². The van der Waals surface area contributed by atoms with E-state index in [1.807, 2.05) is 31.2 Å². The van der Waals surface area contributed by atoms with Gasteiger partial charge in [0.2, 0.25) is 5.91 Å². The number of carbonyl (C=O) groups is 2. The topological polar surface area (TPSA) is 84.9 Å². The number of carbonyl (C=O) groups excluding carboxylic acids is 1. The molecule has 2 rings (SSSR count). The Morgan fingerprint density at radius 2 is 1.93 bits per heavy atom. The molecule has 0 aromatic heterocycles. The quantitative estimate of drug-likeness (QED) is 0.698. The SMILES string of the molecule is COc1cc(/C=C/C(=O)N[C@H](C)C(=O)O)ccc1OCc1ccccc1C. The lowest BCUT2D eigenvalue weighted by molar-refractivity contribution is -0.140. The lowest BCUT2D eigenvalue weighted by Crippen LogP contribution is -2.37. The molecule has 2 N–H and O–H groups in total. The number of hydrogen-bond donors (Lipinski definition) is 2. The van der Waals surface area contributed by atoms with Crippen LogP contribution in [-0.4, -0.2) is 30.1 Å². The number of ether oxygens (including phenoxy) is 2. The first-order valence-electron chi connectivity index (χ1n) is 8.47. The van der Waals surface area contributed by atoms with E-state index in [9.17, 15) is 9.59 Å². The van der Waals surface area contributed by atoms with E-state index in [0.29, 0.717) is 18.1 Å². The lowest BCUT2D eigenvalue weighted by atomic mass is 10.1. The van der Waals surface area contributed by atoms with Gasteiger partial charge in [-0.2, -0.15) is 0 Å². The van der Waals surface area contributed by atoms with Gasteiger partial charge in [-0.25, -0.2) is 0 Å². The first kappa shape index (κ1) is 20.0. The minimum Gasteiger partial charge on any atom is -0.493 e. The highest BCUT2D eigenvalue weighted by Gasteiger charge is 2.12. The van der Waals surface area contributed by atoms with Crippen molar-refractivity contribution in [1.82, 2.24) is 5.32 Å². The zero-order valence-corrected chi connectivity index (χ0v) is 15.6. The number of hydrogen-bond acceptors (Lipinski definition) is 4. The van der Waals surface area contributed by atoms with Crippen LogP contribution < -0.4 is 14.8 Å². The Labute approximate surface area is 158 Å². The molecule has 6 nitrogen and oxygen atoms in total. The van der Waals surface area contributed by atoms with E-state index in [1.165, 1.54) is 13.0 Å². The van der Waals surface area contributed by atoms with Gasteiger partial charge < -0.3 is 19.9 Å². The van der Waals surface area contributed by atoms with Gasteiger partial charge in [0.05, 0.1) is 7.11 Å². The summed E-state index contributed by atoms with van der Waals surface area (Å²) in [6.45, 7) is 3.85. The number of nitrogens with one attached hydrogen (secondary N) is 1. The molecule has 0 spiro atoms. The number of rotatable bonds is 8. The summed E-state index contributed by atoms with van der Waals surface area (Å²) in [4.78, 5) is 22.5. The highest BCUT2D eigenvalue weighted by atomic mass is 16.5. The first-order chi connectivity index (χ1) is 12.9. The summed E-state index contributed by atoms with van der Waals surface area (Å²) in [6, 6.07) is 12.3. The average molecular weight is 369 g/mol. The van der Waals surface area contributed by atoms with Gasteiger partial charge in [-0.3, -0.25) is 9.59 Å². The van der Waals surface area contributed by atoms with Crippen LogP contribution >= 0.6 is 0 Å². The molecule has 1 amide bonds. The summed E-state index contributed by atoms with van der Waals surface area (Å²) in [5.41, 5.74) is 2.97. The fourth-order valence-electron chi connectivity index (χ4n) is 2.33. The number of methoxy groups -OCH3 is 1. The molecule has 27 heavy (non-hydrogen) atoms. The summed E-state index contributed by atoms with van der Waals surface area (Å²) in [5, 5.41) is 11.1. The summed E-state index contributed by atoms with van der Waals surface area (Å²) in [7, 11) is 1.55. The number of amides is 1. The van der Waals surface area contributed by atoms with Crippen molar-refractivity contribution in [3.63, 3.8) is 0 Å². The molecule has 0 aliphatic carbocycles. The molecule has 0 bridgehead atoms. The Kier molecular flexibility index (Phi) is 7.00. The van der Waals surface area contributed by atoms with Crippen LogP contribution in [0.5, 0.6) is 11.5 Å². The molecular weight excluding hydrogens is 346 g/mol. The van der Waals surface area contributed by atoms with Gasteiger partial charge in [-0.05, 0) is 48.7 Å². The standard InChI is InChI=1S/C21H23NO5/c1-14-6-4-5-7-17(14)13-27-18-10-8-16(12-19(18)26-3)9-11-20(23)22-15(2)21(24)25/h4-12,15H,13H2,1-3H3,(H,22,23)(H,24,25)/b11-9+/t15-/m1/s1. The third-order valence-corrected chi connectivity index (χ3v) is 3.99. The van der Waals surface area contributed by atoms with Gasteiger partial charge in [-0.1, -0.05) is 30.3 Å². The number of benzene rings is 2. The predicted octanol–water partition coefficient (Wildman–Crippen LogP) is 3.19. The molecule has 0 aliphatic heterocycles. The Morgan fingerprint density at radius 3 is 2.59 bits per heavy atom. The minimum absolute atomic E-state index is 0.424. The summed E-state index contributed by atoms with van der Waals surface area (Å²) in [5.74, 6) is -0.427. The predicted molar refractivity (Wildman–Crippen MR) is 103 cm³/mol. The van der Waals surface area contributed by atoms with Crippen molar-refractivity contribution in [3.05, 3.63) is 65.2 Å². The molecule has 142 valence electrons. The van der Waals surface area contributed by atoms with Crippen LogP contribution in [-0.2, 0) is 16.2 Å². The lowest BCUT2D eigenvalue weighted by Gasteiger charge is -2.12. The molecule has 0 aliphatic rings. The molecule has 0 radical (unpaired) electrons. The van der Waals surface area contributed by atoms with Crippen LogP contribution in [0.25, 0.3) is 6.08 Å². The van der Waals surface area contributed by atoms with Crippen molar-refractivity contribution in [3.8, 4) is 11.5 Å². The van der Waals surface area contributed by atoms with Gasteiger partial charge >= 0.3 is 5.97 Å². The third-order valence-electron chi connectivity index (χ3n) is 3.99. The van der Waals surface area contributed by atoms with Gasteiger partial charge in [0.1, 0.15) is 12.6 Å². The van der Waals surface area contributed by atoms with E-state index in [2.05, 4.69) is 5.32 Å². The van der Waals surface area contributed by atoms with Gasteiger partial charge in [0.25, 0.3) is 0 Å². The average Bonchev–Trinajstić information content (AvgIpc) is 2.65. The van der Waals surface area contributed by atoms with Crippen molar-refractivity contribution in [2.24, 2.45) is 0 Å². The smallest absolute Gasteiger partial charge is 0.325 e. The zero-order valence-electron chi connectivity index (χ0n) is 15.6. The van der Waals surface area contributed by atoms with Crippen molar-refractivity contribution >= 4 is 18.0 Å². The van der Waals surface area contributed by atoms with Crippen LogP contribution in [0.3, 0.4) is 0 Å². The molecule has 2 aromatic carbocycles. The van der Waals surface area contributed by atoms with E-state index in [-0.39, 0.29) is 0 Å². The number of aliphatic carboxylic acids is 1. The van der Waals surface area contributed by atoms with Crippen LogP contribution in [0.1, 0.15) is 23.6 Å². The van der Waals surface area contributed by atoms with Crippen LogP contribution in [0.2, 0.25) is 0 Å². The molecule has 0 saturated heterocycles. The van der Waals surface area contributed by atoms with E-state index in [1.54, 1.807) is 31.4 Å². The third kappa shape index (κ3) is 5.88. The van der Waals surface area contributed by atoms with E-state index in [0.717, 1.165) is 16.7 Å². The second kappa shape index (κ2) is 9.43. The van der Waals surface area contributed by atoms with Gasteiger partial charge in [0.15, 0.2) is 11.5 Å². The first-order valence-corrected chi connectivity index (χ1v) is 8.47. The van der Waals surface area contributed by atoms with E-state index in [4.69, 9.17) is 14.6 Å². The number of carboxylic acid groups (broad SMARTS) is 1. The molecule has 0 fully saturated rings. The fraction of sp³-hybridized carbons (Fsp3) is 0.238. The number of carboxylic acids is 1. The second-order valence-corrected chi connectivity index (χ2v) is 6.03. The summed E-state index contributed by atoms with van der Waals surface area (Å²) in [6.07, 6.45) is 2.86. The van der Waals surface area contributed by atoms with Crippen molar-refractivity contribution in [2.45, 2.75) is 26.5 Å². The Bertz CT molecular complexity index is 844. The van der Waals surface area contributed by atoms with Crippen LogP contribution in [0, 0.1) is 6.92 Å². The largest absolute Gasteiger partial charge is 0.493 e. The monoisotopic (exact) mass is 369 g/mol. The fourth-order valence-corrected chi connectivity index (χ4v) is 2.33. The maximum absolute atomic E-state index is 11.7. The molecule has 0 unspecified atom stereocenters. The van der Waals surface area contributed by atoms with Crippen molar-refractivity contribution in [2.75, 3.05) is 7.11 Å². The maximum atomic E-state index is 11.7. The van der Waals surface area contributed by atoms with E-state index < -0.39 is 17.9 Å². The highest BCUT2D eigenvalue weighted by molar-refractivity contribution is 5.94. The van der Waals surface area contributed by atoms with Crippen LogP contribution in [0.15, 0.2) is 48.5 Å². The normalized spacial score (nSPS) is 11.8. The zero-order chi connectivity index (χ0) is 19.8. The minimum atomic E-state index is -1.09. The highest BCUT2D eigenvalue weighted by Crippen LogP contribution is 2.29. The van der Waals surface area contributed by atoms with Gasteiger partial charge in [-0.15, -0.1) is 0 Å². The molecule has 0 heterocycles. The van der Waals surface area contributed by atoms with Crippen LogP contribution in [0.4, 0.5) is 0 Å². The van der Waals surface area contributed by atoms with Gasteiger partial charge in [0, 0.05) is 6.08 Å². The molecule has 6 heteroatoms. The second-order valence-electron chi connectivity index (χ2n) is 6.03. The van der Waals surface area contributed by atoms with Crippen molar-refractivity contribution < 1.29 is 24.2 Å². The summed E-state index contributed by atoms with van der Waals surface area (Å²) < 4.78 is 11.2. The molecule has 0 saturated carbocycles. The Hall–Kier alpha value is -3.28. The molecule has 2 aromatic rings. The Morgan fingerprint density at radius 1 is 1.19 bits per heavy atom. The summed E-state index contributed by atoms with van der Waals surface area (Å²) >= 11 is 0. The maximum Gasteiger partial charge on any atom is 0.325 e.